The van der Waals surface area contributed by atoms with E-state index in [0.29, 0.717) is 28.7 Å². The molecule has 0 fully saturated rings. The van der Waals surface area contributed by atoms with Gasteiger partial charge >= 0.3 is 0 Å². The van der Waals surface area contributed by atoms with E-state index in [0.717, 1.165) is 10.1 Å². The van der Waals surface area contributed by atoms with Crippen molar-refractivity contribution >= 4 is 44.6 Å². The van der Waals surface area contributed by atoms with Gasteiger partial charge in [-0.05, 0) is 12.1 Å². The van der Waals surface area contributed by atoms with Crippen molar-refractivity contribution in [2.75, 3.05) is 32.1 Å². The topological polar surface area (TPSA) is 84.6 Å². The van der Waals surface area contributed by atoms with E-state index in [1.165, 1.54) is 11.3 Å². The molecule has 1 aromatic heterocycles. The molecular weight excluding hydrogens is 300 g/mol. The highest BCUT2D eigenvalue weighted by molar-refractivity contribution is 7.21. The van der Waals surface area contributed by atoms with Gasteiger partial charge in [-0.1, -0.05) is 17.7 Å². The normalized spacial score (nSPS) is 10.9. The fourth-order valence-corrected chi connectivity index (χ4v) is 3.18. The van der Waals surface area contributed by atoms with Crippen LogP contribution in [0.15, 0.2) is 18.2 Å². The Morgan fingerprint density at radius 1 is 1.45 bits per heavy atom. The highest BCUT2D eigenvalue weighted by Crippen LogP contribution is 2.37. The summed E-state index contributed by atoms with van der Waals surface area (Å²) in [6.07, 6.45) is 0. The molecule has 0 unspecified atom stereocenters. The molecule has 0 saturated heterocycles. The number of aliphatic hydroxyl groups excluding tert-OH is 1. The number of amides is 1. The number of carbonyl (C=O) groups excluding carboxylic acids is 1. The van der Waals surface area contributed by atoms with Crippen LogP contribution in [0, 0.1) is 0 Å². The van der Waals surface area contributed by atoms with Crippen LogP contribution in [0.25, 0.3) is 10.1 Å². The number of halogens is 1. The highest BCUT2D eigenvalue weighted by atomic mass is 35.5. The van der Waals surface area contributed by atoms with Crippen LogP contribution in [0.3, 0.4) is 0 Å². The second-order valence-electron chi connectivity index (χ2n) is 4.05. The van der Waals surface area contributed by atoms with Crippen molar-refractivity contribution in [3.63, 3.8) is 0 Å². The lowest BCUT2D eigenvalue weighted by molar-refractivity contribution is 0.0841. The van der Waals surface area contributed by atoms with Gasteiger partial charge in [0, 0.05) is 16.6 Å². The van der Waals surface area contributed by atoms with E-state index in [1.54, 1.807) is 6.07 Å². The standard InChI is InChI=1S/C13H15ClN2O3S/c14-8-2-1-3-9-10(8)11(15)12(20-9)13(18)16-4-6-19-7-5-17/h1-3,17H,4-7,15H2,(H,16,18). The molecule has 0 bridgehead atoms. The minimum absolute atomic E-state index is 0.0320. The smallest absolute Gasteiger partial charge is 0.263 e. The van der Waals surface area contributed by atoms with Crippen molar-refractivity contribution in [3.8, 4) is 0 Å². The monoisotopic (exact) mass is 314 g/mol. The van der Waals surface area contributed by atoms with E-state index in [1.807, 2.05) is 12.1 Å². The number of nitrogens with two attached hydrogens (primary N) is 1. The molecule has 0 aliphatic carbocycles. The van der Waals surface area contributed by atoms with Crippen LogP contribution in [0.2, 0.25) is 5.02 Å². The molecule has 2 aromatic rings. The third-order valence-corrected chi connectivity index (χ3v) is 4.16. The van der Waals surface area contributed by atoms with Crippen LogP contribution in [0.1, 0.15) is 9.67 Å². The van der Waals surface area contributed by atoms with Crippen molar-refractivity contribution in [1.29, 1.82) is 0 Å². The van der Waals surface area contributed by atoms with Gasteiger partial charge in [-0.15, -0.1) is 11.3 Å². The first-order valence-electron chi connectivity index (χ1n) is 6.08. The highest BCUT2D eigenvalue weighted by Gasteiger charge is 2.17. The van der Waals surface area contributed by atoms with Crippen LogP contribution in [-0.4, -0.2) is 37.4 Å². The van der Waals surface area contributed by atoms with Crippen molar-refractivity contribution in [1.82, 2.24) is 5.32 Å². The molecule has 7 heteroatoms. The van der Waals surface area contributed by atoms with Gasteiger partial charge in [-0.25, -0.2) is 0 Å². The molecule has 5 nitrogen and oxygen atoms in total. The molecule has 0 aliphatic rings. The molecule has 0 atom stereocenters. The number of hydrogen-bond acceptors (Lipinski definition) is 5. The lowest BCUT2D eigenvalue weighted by atomic mass is 10.2. The number of ether oxygens (including phenoxy) is 1. The van der Waals surface area contributed by atoms with Gasteiger partial charge in [-0.2, -0.15) is 0 Å². The van der Waals surface area contributed by atoms with Gasteiger partial charge < -0.3 is 20.9 Å². The van der Waals surface area contributed by atoms with Gasteiger partial charge in [0.1, 0.15) is 4.88 Å². The summed E-state index contributed by atoms with van der Waals surface area (Å²) < 4.78 is 5.95. The Balaban J connectivity index is 2.07. The van der Waals surface area contributed by atoms with E-state index in [4.69, 9.17) is 27.2 Å². The van der Waals surface area contributed by atoms with Gasteiger partial charge in [0.05, 0.1) is 30.5 Å². The van der Waals surface area contributed by atoms with Gasteiger partial charge in [0.2, 0.25) is 0 Å². The van der Waals surface area contributed by atoms with Crippen molar-refractivity contribution < 1.29 is 14.6 Å². The Morgan fingerprint density at radius 3 is 2.95 bits per heavy atom. The minimum atomic E-state index is -0.243. The van der Waals surface area contributed by atoms with Crippen molar-refractivity contribution in [3.05, 3.63) is 28.1 Å². The molecule has 0 saturated carbocycles. The van der Waals surface area contributed by atoms with Crippen molar-refractivity contribution in [2.24, 2.45) is 0 Å². The van der Waals surface area contributed by atoms with Crippen molar-refractivity contribution in [2.45, 2.75) is 0 Å². The zero-order valence-electron chi connectivity index (χ0n) is 10.7. The summed E-state index contributed by atoms with van der Waals surface area (Å²) in [5.41, 5.74) is 6.40. The summed E-state index contributed by atoms with van der Waals surface area (Å²) in [5, 5.41) is 12.5. The number of carbonyl (C=O) groups is 1. The van der Waals surface area contributed by atoms with Crippen LogP contribution < -0.4 is 11.1 Å². The predicted molar refractivity (Wildman–Crippen MR) is 81.5 cm³/mol. The number of hydrogen-bond donors (Lipinski definition) is 3. The van der Waals surface area contributed by atoms with Crippen LogP contribution >= 0.6 is 22.9 Å². The zero-order chi connectivity index (χ0) is 14.5. The molecule has 1 aromatic carbocycles. The average molecular weight is 315 g/mol. The Kier molecular flexibility index (Phi) is 5.19. The van der Waals surface area contributed by atoms with Crippen LogP contribution in [0.4, 0.5) is 5.69 Å². The van der Waals surface area contributed by atoms with E-state index >= 15 is 0 Å². The maximum Gasteiger partial charge on any atom is 0.263 e. The lowest BCUT2D eigenvalue weighted by Gasteiger charge is -2.05. The second-order valence-corrected chi connectivity index (χ2v) is 5.51. The van der Waals surface area contributed by atoms with Crippen LogP contribution in [-0.2, 0) is 4.74 Å². The van der Waals surface area contributed by atoms with Gasteiger partial charge in [0.25, 0.3) is 5.91 Å². The molecule has 1 amide bonds. The molecule has 20 heavy (non-hydrogen) atoms. The summed E-state index contributed by atoms with van der Waals surface area (Å²) in [4.78, 5) is 12.5. The number of thiophene rings is 1. The quantitative estimate of drug-likeness (QED) is 0.711. The largest absolute Gasteiger partial charge is 0.397 e. The molecule has 4 N–H and O–H groups in total. The summed E-state index contributed by atoms with van der Waals surface area (Å²) in [6, 6.07) is 5.45. The molecule has 108 valence electrons. The maximum atomic E-state index is 12.1. The molecule has 2 rings (SSSR count). The first kappa shape index (κ1) is 15.1. The predicted octanol–water partition coefficient (Wildman–Crippen LogP) is 1.88. The Labute approximate surface area is 125 Å². The fourth-order valence-electron chi connectivity index (χ4n) is 1.78. The summed E-state index contributed by atoms with van der Waals surface area (Å²) >= 11 is 7.41. The summed E-state index contributed by atoms with van der Waals surface area (Å²) in [5.74, 6) is -0.243. The van der Waals surface area contributed by atoms with Gasteiger partial charge in [0.15, 0.2) is 0 Å². The Bertz CT molecular complexity index is 615. The minimum Gasteiger partial charge on any atom is -0.397 e. The van der Waals surface area contributed by atoms with E-state index < -0.39 is 0 Å². The molecule has 0 radical (unpaired) electrons. The lowest BCUT2D eigenvalue weighted by Crippen LogP contribution is -2.27. The number of nitrogen functional groups attached to an aromatic ring is 1. The fraction of sp³-hybridized carbons (Fsp3) is 0.308. The molecular formula is C13H15ClN2O3S. The Hall–Kier alpha value is -1.34. The van der Waals surface area contributed by atoms with Crippen LogP contribution in [0.5, 0.6) is 0 Å². The van der Waals surface area contributed by atoms with E-state index in [9.17, 15) is 4.79 Å². The molecule has 0 spiro atoms. The molecule has 0 aliphatic heterocycles. The first-order chi connectivity index (χ1) is 9.65. The molecule has 1 heterocycles. The second kappa shape index (κ2) is 6.90. The first-order valence-corrected chi connectivity index (χ1v) is 7.28. The summed E-state index contributed by atoms with van der Waals surface area (Å²) in [6.45, 7) is 0.935. The number of aliphatic hydroxyl groups is 1. The number of benzene rings is 1. The average Bonchev–Trinajstić information content (AvgIpc) is 2.77. The number of fused-ring (bicyclic) bond motifs is 1. The van der Waals surface area contributed by atoms with E-state index in [-0.39, 0.29) is 19.1 Å². The number of rotatable bonds is 6. The Morgan fingerprint density at radius 2 is 2.25 bits per heavy atom. The van der Waals surface area contributed by atoms with Gasteiger partial charge in [-0.3, -0.25) is 4.79 Å². The number of anilines is 1. The third kappa shape index (κ3) is 3.21. The van der Waals surface area contributed by atoms with E-state index in [2.05, 4.69) is 5.32 Å². The summed E-state index contributed by atoms with van der Waals surface area (Å²) in [7, 11) is 0. The third-order valence-electron chi connectivity index (χ3n) is 2.68. The number of nitrogens with one attached hydrogen (secondary N) is 1. The maximum absolute atomic E-state index is 12.1. The zero-order valence-corrected chi connectivity index (χ0v) is 12.3. The SMILES string of the molecule is Nc1c(C(=O)NCCOCCO)sc2cccc(Cl)c12.